The smallest absolute Gasteiger partial charge is 0.0646 e. The lowest BCUT2D eigenvalue weighted by Crippen LogP contribution is -1.93. The number of nitrogens with zero attached hydrogens (tertiary/aromatic N) is 1. The van der Waals surface area contributed by atoms with E-state index in [2.05, 4.69) is 4.98 Å². The number of benzene rings is 5. The molecule has 0 amide bonds. The van der Waals surface area contributed by atoms with Crippen LogP contribution in [0.25, 0.3) is 60.4 Å². The number of H-pyrrole nitrogens is 1. The fourth-order valence-electron chi connectivity index (χ4n) is 4.57. The monoisotopic (exact) mass is 431 g/mol. The van der Waals surface area contributed by atoms with Crippen molar-refractivity contribution in [1.29, 1.82) is 0 Å². The summed E-state index contributed by atoms with van der Waals surface area (Å²) in [6.07, 6.45) is 0. The second kappa shape index (κ2) is 6.85. The highest BCUT2D eigenvalue weighted by Gasteiger charge is 2.17. The summed E-state index contributed by atoms with van der Waals surface area (Å²) in [4.78, 5) is 3.15. The molecule has 0 saturated carbocycles. The van der Waals surface area contributed by atoms with Gasteiger partial charge in [0.1, 0.15) is 0 Å². The van der Waals surface area contributed by atoms with Crippen molar-refractivity contribution < 1.29 is 12.3 Å². The summed E-state index contributed by atoms with van der Waals surface area (Å²) < 4.78 is 79.1. The molecule has 1 N–H and O–H groups in total. The van der Waals surface area contributed by atoms with E-state index < -0.39 is 0 Å². The SMILES string of the molecule is [2H]c1cc([2H])c2c(c1)c1c3c([nH]c4cc([2H])c([2H])cc43)c([2H])c([2H])c1n2-c1cc([2H])c(-c2ccc(C)c([2H])c2)c([2H])c1. The van der Waals surface area contributed by atoms with Gasteiger partial charge in [0.2, 0.25) is 0 Å². The van der Waals surface area contributed by atoms with Gasteiger partial charge in [-0.15, -0.1) is 0 Å². The van der Waals surface area contributed by atoms with E-state index in [-0.39, 0.29) is 48.3 Å². The first kappa shape index (κ1) is 11.5. The van der Waals surface area contributed by atoms with Gasteiger partial charge in [-0.1, -0.05) is 78.2 Å². The Balaban J connectivity index is 1.65. The Bertz CT molecular complexity index is 2290. The van der Waals surface area contributed by atoms with Crippen LogP contribution >= 0.6 is 0 Å². The highest BCUT2D eigenvalue weighted by atomic mass is 15.0. The van der Waals surface area contributed by atoms with Crippen LogP contribution in [0.3, 0.4) is 0 Å². The van der Waals surface area contributed by atoms with Crippen molar-refractivity contribution in [3.63, 3.8) is 0 Å². The number of nitrogens with one attached hydrogen (secondary N) is 1. The van der Waals surface area contributed by atoms with Gasteiger partial charge in [0.25, 0.3) is 0 Å². The van der Waals surface area contributed by atoms with Crippen molar-refractivity contribution in [1.82, 2.24) is 9.55 Å². The lowest BCUT2D eigenvalue weighted by Gasteiger charge is -2.09. The van der Waals surface area contributed by atoms with Crippen LogP contribution in [0.15, 0.2) is 109 Å². The van der Waals surface area contributed by atoms with Crippen molar-refractivity contribution in [2.45, 2.75) is 6.92 Å². The average Bonchev–Trinajstić information content (AvgIpc) is 3.45. The molecule has 7 aromatic rings. The van der Waals surface area contributed by atoms with Gasteiger partial charge >= 0.3 is 0 Å². The summed E-state index contributed by atoms with van der Waals surface area (Å²) in [5.74, 6) is 0. The van der Waals surface area contributed by atoms with Gasteiger partial charge in [-0.2, -0.15) is 0 Å². The Labute approximate surface area is 204 Å². The van der Waals surface area contributed by atoms with Gasteiger partial charge in [-0.05, 0) is 54.4 Å². The minimum atomic E-state index is -0.136. The van der Waals surface area contributed by atoms with Crippen molar-refractivity contribution >= 4 is 43.6 Å². The minimum Gasteiger partial charge on any atom is -0.354 e. The first-order valence-corrected chi connectivity index (χ1v) is 10.6. The second-order valence-corrected chi connectivity index (χ2v) is 8.09. The Morgan fingerprint density at radius 3 is 2.36 bits per heavy atom. The van der Waals surface area contributed by atoms with E-state index in [1.165, 1.54) is 12.1 Å². The summed E-state index contributed by atoms with van der Waals surface area (Å²) in [6.45, 7) is 1.82. The molecule has 0 radical (unpaired) electrons. The van der Waals surface area contributed by atoms with Crippen molar-refractivity contribution in [3.05, 3.63) is 115 Å². The Kier molecular flexibility index (Phi) is 2.39. The molecule has 0 bridgehead atoms. The minimum absolute atomic E-state index is 0.00403. The second-order valence-electron chi connectivity index (χ2n) is 8.09. The summed E-state index contributed by atoms with van der Waals surface area (Å²) in [5, 5.41) is 2.17. The van der Waals surface area contributed by atoms with E-state index in [9.17, 15) is 0 Å². The van der Waals surface area contributed by atoms with E-state index in [0.717, 1.165) is 5.56 Å². The number of fused-ring (bicyclic) bond motifs is 7. The highest BCUT2D eigenvalue weighted by Crippen LogP contribution is 2.39. The number of aromatic amines is 1. The lowest BCUT2D eigenvalue weighted by molar-refractivity contribution is 1.18. The van der Waals surface area contributed by atoms with E-state index in [1.54, 1.807) is 47.0 Å². The Morgan fingerprint density at radius 2 is 1.48 bits per heavy atom. The Hall–Kier alpha value is -4.30. The molecule has 0 aliphatic carbocycles. The molecule has 156 valence electrons. The molecule has 0 aliphatic heterocycles. The quantitative estimate of drug-likeness (QED) is 0.284. The number of rotatable bonds is 2. The van der Waals surface area contributed by atoms with Gasteiger partial charge in [0.05, 0.1) is 23.4 Å². The number of aromatic nitrogens is 2. The number of hydrogen-bond donors (Lipinski definition) is 1. The number of aryl methyl sites for hydroxylation is 1. The fourth-order valence-corrected chi connectivity index (χ4v) is 4.57. The average molecular weight is 432 g/mol. The molecule has 0 fully saturated rings. The van der Waals surface area contributed by atoms with Crippen molar-refractivity contribution in [2.24, 2.45) is 0 Å². The molecule has 0 saturated heterocycles. The highest BCUT2D eigenvalue weighted by molar-refractivity contribution is 6.28. The number of hydrogen-bond acceptors (Lipinski definition) is 0. The molecule has 5 aromatic carbocycles. The van der Waals surface area contributed by atoms with Crippen LogP contribution in [0.5, 0.6) is 0 Å². The van der Waals surface area contributed by atoms with Gasteiger partial charge in [-0.3, -0.25) is 0 Å². The van der Waals surface area contributed by atoms with Gasteiger partial charge in [0, 0.05) is 38.3 Å². The molecular weight excluding hydrogens is 400 g/mol. The van der Waals surface area contributed by atoms with E-state index >= 15 is 0 Å². The summed E-state index contributed by atoms with van der Waals surface area (Å²) in [5.41, 5.74) is 3.63. The third-order valence-electron chi connectivity index (χ3n) is 6.11. The maximum atomic E-state index is 9.08. The predicted octanol–water partition coefficient (Wildman–Crippen LogP) is 8.39. The van der Waals surface area contributed by atoms with Crippen LogP contribution in [0, 0.1) is 6.92 Å². The third-order valence-corrected chi connectivity index (χ3v) is 6.11. The molecule has 2 aromatic heterocycles. The molecule has 0 atom stereocenters. The molecule has 2 heterocycles. The van der Waals surface area contributed by atoms with Crippen LogP contribution < -0.4 is 0 Å². The van der Waals surface area contributed by atoms with E-state index in [4.69, 9.17) is 12.3 Å². The zero-order valence-electron chi connectivity index (χ0n) is 26.6. The zero-order valence-corrected chi connectivity index (χ0v) is 17.6. The summed E-state index contributed by atoms with van der Waals surface area (Å²) in [6, 6.07) is 14.6. The summed E-state index contributed by atoms with van der Waals surface area (Å²) in [7, 11) is 0. The topological polar surface area (TPSA) is 20.7 Å². The summed E-state index contributed by atoms with van der Waals surface area (Å²) >= 11 is 0. The zero-order chi connectivity index (χ0) is 29.8. The van der Waals surface area contributed by atoms with Gasteiger partial charge in [0.15, 0.2) is 0 Å². The lowest BCUT2D eigenvalue weighted by atomic mass is 10.0. The van der Waals surface area contributed by atoms with E-state index in [1.807, 2.05) is 6.92 Å². The number of para-hydroxylation sites is 2. The normalized spacial score (nSPS) is 15.6. The molecule has 2 heteroatoms. The van der Waals surface area contributed by atoms with Crippen LogP contribution in [0.4, 0.5) is 0 Å². The van der Waals surface area contributed by atoms with Gasteiger partial charge < -0.3 is 9.55 Å². The van der Waals surface area contributed by atoms with Crippen molar-refractivity contribution in [2.75, 3.05) is 0 Å². The van der Waals surface area contributed by atoms with Crippen LogP contribution in [-0.4, -0.2) is 9.55 Å². The maximum Gasteiger partial charge on any atom is 0.0646 e. The first-order valence-electron chi connectivity index (χ1n) is 15.1. The third kappa shape index (κ3) is 2.68. The molecule has 0 aliphatic rings. The largest absolute Gasteiger partial charge is 0.354 e. The fraction of sp³-hybridized carbons (Fsp3) is 0.0323. The van der Waals surface area contributed by atoms with Crippen LogP contribution in [0.2, 0.25) is 0 Å². The van der Waals surface area contributed by atoms with Crippen LogP contribution in [0.1, 0.15) is 17.9 Å². The molecule has 0 spiro atoms. The molecule has 2 nitrogen and oxygen atoms in total. The standard InChI is InChI=1S/C31H22N2/c1-20-10-12-21(13-11-20)22-14-16-23(17-15-22)33-28-9-5-3-7-25(28)31-29(33)19-18-27-30(31)24-6-2-4-8-26(24)32-27/h2-19,32H,1H3/i2D,3D,4D,9D,10D,14D,15D,18D,19D. The molecule has 7 rings (SSSR count). The maximum absolute atomic E-state index is 9.08. The Morgan fingerprint density at radius 1 is 0.636 bits per heavy atom. The predicted molar refractivity (Wildman–Crippen MR) is 140 cm³/mol. The first-order chi connectivity index (χ1) is 20.0. The molecular formula is C31H22N2. The van der Waals surface area contributed by atoms with Gasteiger partial charge in [-0.25, -0.2) is 0 Å². The molecule has 0 unspecified atom stereocenters. The van der Waals surface area contributed by atoms with Crippen molar-refractivity contribution in [3.8, 4) is 16.8 Å². The van der Waals surface area contributed by atoms with E-state index in [0.29, 0.717) is 66.5 Å². The van der Waals surface area contributed by atoms with Crippen LogP contribution in [-0.2, 0) is 0 Å². The molecule has 33 heavy (non-hydrogen) atoms.